The minimum absolute atomic E-state index is 0.0632. The van der Waals surface area contributed by atoms with Crippen LogP contribution in [0, 0.1) is 5.41 Å². The standard InChI is InChI=1S/C26H38O2/c1-11-14-28-23-21(25(5,6)7)16-20(27-10)17-22(23)26(8,9)19-13-12-18(15-19)24(2,3)4/h11,13,15-17H,1,12,14H2,2-10H3. The number of hydrogen-bond acceptors (Lipinski definition) is 2. The van der Waals surface area contributed by atoms with Crippen molar-refractivity contribution in [3.8, 4) is 11.5 Å². The molecule has 0 amide bonds. The zero-order valence-electron chi connectivity index (χ0n) is 19.3. The lowest BCUT2D eigenvalue weighted by atomic mass is 9.74. The van der Waals surface area contributed by atoms with E-state index in [1.165, 1.54) is 11.1 Å². The summed E-state index contributed by atoms with van der Waals surface area (Å²) < 4.78 is 11.9. The van der Waals surface area contributed by atoms with Crippen LogP contribution in [-0.4, -0.2) is 13.7 Å². The Kier molecular flexibility index (Phi) is 6.23. The van der Waals surface area contributed by atoms with E-state index in [9.17, 15) is 0 Å². The second-order valence-electron chi connectivity index (χ2n) is 10.3. The number of allylic oxidation sites excluding steroid dienone is 4. The van der Waals surface area contributed by atoms with Crippen molar-refractivity contribution in [1.82, 2.24) is 0 Å². The van der Waals surface area contributed by atoms with E-state index < -0.39 is 0 Å². The molecule has 0 heterocycles. The molecular formula is C26H38O2. The molecule has 0 aromatic heterocycles. The summed E-state index contributed by atoms with van der Waals surface area (Å²) in [5.41, 5.74) is 5.06. The molecule has 2 rings (SSSR count). The minimum atomic E-state index is -0.196. The molecule has 2 nitrogen and oxygen atoms in total. The SMILES string of the molecule is C=CCOc1c(C(C)(C)C)cc(OC)cc1C(C)(C)C1=CCC(C(C)(C)C)=C1. The van der Waals surface area contributed by atoms with Crippen molar-refractivity contribution in [2.75, 3.05) is 13.7 Å². The maximum atomic E-state index is 6.26. The van der Waals surface area contributed by atoms with Crippen LogP contribution in [0.2, 0.25) is 0 Å². The molecule has 0 radical (unpaired) electrons. The van der Waals surface area contributed by atoms with E-state index in [1.807, 2.05) is 0 Å². The van der Waals surface area contributed by atoms with Crippen LogP contribution in [0.3, 0.4) is 0 Å². The molecule has 2 heteroatoms. The Bertz CT molecular complexity index is 793. The lowest BCUT2D eigenvalue weighted by Gasteiger charge is -2.33. The maximum absolute atomic E-state index is 6.26. The molecule has 154 valence electrons. The van der Waals surface area contributed by atoms with Crippen LogP contribution in [-0.2, 0) is 10.8 Å². The number of benzene rings is 1. The summed E-state index contributed by atoms with van der Waals surface area (Å²) in [6.07, 6.45) is 7.57. The summed E-state index contributed by atoms with van der Waals surface area (Å²) in [6.45, 7) is 22.4. The Morgan fingerprint density at radius 3 is 2.04 bits per heavy atom. The van der Waals surface area contributed by atoms with Crippen molar-refractivity contribution in [2.45, 2.75) is 72.6 Å². The fourth-order valence-corrected chi connectivity index (χ4v) is 3.68. The number of methoxy groups -OCH3 is 1. The van der Waals surface area contributed by atoms with Crippen LogP contribution < -0.4 is 9.47 Å². The summed E-state index contributed by atoms with van der Waals surface area (Å²) in [5.74, 6) is 1.83. The molecule has 1 aromatic rings. The first-order valence-corrected chi connectivity index (χ1v) is 10.2. The molecule has 1 aliphatic rings. The van der Waals surface area contributed by atoms with Gasteiger partial charge in [0.1, 0.15) is 18.1 Å². The quantitative estimate of drug-likeness (QED) is 0.487. The van der Waals surface area contributed by atoms with E-state index in [-0.39, 0.29) is 16.2 Å². The molecule has 0 saturated heterocycles. The van der Waals surface area contributed by atoms with Gasteiger partial charge in [0, 0.05) is 16.5 Å². The molecule has 0 unspecified atom stereocenters. The third kappa shape index (κ3) is 4.54. The highest BCUT2D eigenvalue weighted by atomic mass is 16.5. The van der Waals surface area contributed by atoms with Crippen LogP contribution in [0.25, 0.3) is 0 Å². The van der Waals surface area contributed by atoms with Crippen LogP contribution in [0.4, 0.5) is 0 Å². The zero-order valence-corrected chi connectivity index (χ0v) is 19.3. The summed E-state index contributed by atoms with van der Waals surface area (Å²) in [5, 5.41) is 0. The normalized spacial score (nSPS) is 15.2. The number of rotatable bonds is 6. The van der Waals surface area contributed by atoms with Gasteiger partial charge in [0.15, 0.2) is 0 Å². The molecule has 28 heavy (non-hydrogen) atoms. The Labute approximate surface area is 172 Å². The van der Waals surface area contributed by atoms with Gasteiger partial charge in [-0.25, -0.2) is 0 Å². The largest absolute Gasteiger partial charge is 0.497 e. The predicted molar refractivity (Wildman–Crippen MR) is 121 cm³/mol. The van der Waals surface area contributed by atoms with E-state index in [1.54, 1.807) is 13.2 Å². The molecule has 1 aliphatic carbocycles. The van der Waals surface area contributed by atoms with Gasteiger partial charge in [-0.3, -0.25) is 0 Å². The molecule has 0 N–H and O–H groups in total. The van der Waals surface area contributed by atoms with Gasteiger partial charge in [0.05, 0.1) is 7.11 Å². The molecule has 0 fully saturated rings. The van der Waals surface area contributed by atoms with Gasteiger partial charge in [-0.05, 0) is 35.0 Å². The van der Waals surface area contributed by atoms with Crippen LogP contribution in [0.15, 0.2) is 48.1 Å². The third-order valence-electron chi connectivity index (χ3n) is 5.68. The molecular weight excluding hydrogens is 344 g/mol. The molecule has 0 atom stereocenters. The Morgan fingerprint density at radius 1 is 0.964 bits per heavy atom. The minimum Gasteiger partial charge on any atom is -0.497 e. The Hall–Kier alpha value is -1.96. The number of ether oxygens (including phenoxy) is 2. The lowest BCUT2D eigenvalue weighted by Crippen LogP contribution is -2.23. The Balaban J connectivity index is 2.68. The average Bonchev–Trinajstić information content (AvgIpc) is 3.09. The van der Waals surface area contributed by atoms with Gasteiger partial charge in [-0.2, -0.15) is 0 Å². The monoisotopic (exact) mass is 382 g/mol. The van der Waals surface area contributed by atoms with E-state index in [2.05, 4.69) is 86.3 Å². The van der Waals surface area contributed by atoms with E-state index in [0.29, 0.717) is 6.61 Å². The van der Waals surface area contributed by atoms with Crippen molar-refractivity contribution in [1.29, 1.82) is 0 Å². The van der Waals surface area contributed by atoms with Crippen molar-refractivity contribution < 1.29 is 9.47 Å². The summed E-state index contributed by atoms with van der Waals surface area (Å²) >= 11 is 0. The lowest BCUT2D eigenvalue weighted by molar-refractivity contribution is 0.337. The second-order valence-corrected chi connectivity index (χ2v) is 10.3. The van der Waals surface area contributed by atoms with Crippen molar-refractivity contribution in [3.63, 3.8) is 0 Å². The second kappa shape index (κ2) is 7.81. The van der Waals surface area contributed by atoms with Gasteiger partial charge in [0.2, 0.25) is 0 Å². The molecule has 0 aliphatic heterocycles. The summed E-state index contributed by atoms with van der Waals surface area (Å²) in [4.78, 5) is 0. The summed E-state index contributed by atoms with van der Waals surface area (Å²) in [7, 11) is 1.73. The summed E-state index contributed by atoms with van der Waals surface area (Å²) in [6, 6.07) is 4.24. The van der Waals surface area contributed by atoms with E-state index in [0.717, 1.165) is 29.0 Å². The van der Waals surface area contributed by atoms with Gasteiger partial charge < -0.3 is 9.47 Å². The fourth-order valence-electron chi connectivity index (χ4n) is 3.68. The first kappa shape index (κ1) is 22.3. The van der Waals surface area contributed by atoms with Crippen LogP contribution in [0.1, 0.15) is 72.9 Å². The highest BCUT2D eigenvalue weighted by Crippen LogP contribution is 2.48. The number of hydrogen-bond donors (Lipinski definition) is 0. The van der Waals surface area contributed by atoms with Crippen LogP contribution >= 0.6 is 0 Å². The fraction of sp³-hybridized carbons (Fsp3) is 0.538. The third-order valence-corrected chi connectivity index (χ3v) is 5.68. The zero-order chi connectivity index (χ0) is 21.3. The van der Waals surface area contributed by atoms with E-state index in [4.69, 9.17) is 9.47 Å². The predicted octanol–water partition coefficient (Wildman–Crippen LogP) is 7.14. The first-order chi connectivity index (χ1) is 12.8. The van der Waals surface area contributed by atoms with Gasteiger partial charge >= 0.3 is 0 Å². The highest BCUT2D eigenvalue weighted by molar-refractivity contribution is 5.58. The molecule has 1 aromatic carbocycles. The van der Waals surface area contributed by atoms with Crippen LogP contribution in [0.5, 0.6) is 11.5 Å². The van der Waals surface area contributed by atoms with Crippen molar-refractivity contribution >= 4 is 0 Å². The van der Waals surface area contributed by atoms with Gasteiger partial charge in [0.25, 0.3) is 0 Å². The van der Waals surface area contributed by atoms with E-state index >= 15 is 0 Å². The molecule has 0 saturated carbocycles. The highest BCUT2D eigenvalue weighted by Gasteiger charge is 2.35. The smallest absolute Gasteiger partial charge is 0.127 e. The average molecular weight is 383 g/mol. The van der Waals surface area contributed by atoms with Crippen molar-refractivity contribution in [2.24, 2.45) is 5.41 Å². The molecule has 0 spiro atoms. The maximum Gasteiger partial charge on any atom is 0.127 e. The van der Waals surface area contributed by atoms with Gasteiger partial charge in [-0.15, -0.1) is 0 Å². The Morgan fingerprint density at radius 2 is 1.57 bits per heavy atom. The first-order valence-electron chi connectivity index (χ1n) is 10.2. The van der Waals surface area contributed by atoms with Crippen molar-refractivity contribution in [3.05, 3.63) is 59.2 Å². The van der Waals surface area contributed by atoms with Gasteiger partial charge in [-0.1, -0.05) is 85.8 Å². The topological polar surface area (TPSA) is 18.5 Å². The molecule has 0 bridgehead atoms.